The third-order valence-electron chi connectivity index (χ3n) is 1.57. The Morgan fingerprint density at radius 3 is 2.47 bits per heavy atom. The Morgan fingerprint density at radius 2 is 2.00 bits per heavy atom. The molecular weight excluding hydrogens is 216 g/mol. The lowest BCUT2D eigenvalue weighted by molar-refractivity contribution is 0.249. The van der Waals surface area contributed by atoms with Crippen molar-refractivity contribution in [2.45, 2.75) is 0 Å². The number of urea groups is 1. The topological polar surface area (TPSA) is 105 Å². The van der Waals surface area contributed by atoms with E-state index in [2.05, 4.69) is 5.43 Å². The third-order valence-corrected chi connectivity index (χ3v) is 1.75. The van der Waals surface area contributed by atoms with Gasteiger partial charge in [0.2, 0.25) is 0 Å². The van der Waals surface area contributed by atoms with Gasteiger partial charge in [0.25, 0.3) is 0 Å². The van der Waals surface area contributed by atoms with Gasteiger partial charge in [-0.1, -0.05) is 12.1 Å². The predicted octanol–water partition coefficient (Wildman–Crippen LogP) is 0.0255. The number of para-hydroxylation sites is 2. The van der Waals surface area contributed by atoms with Crippen LogP contribution in [0.1, 0.15) is 0 Å². The number of hydrazine groups is 1. The highest BCUT2D eigenvalue weighted by Crippen LogP contribution is 2.24. The zero-order valence-corrected chi connectivity index (χ0v) is 8.49. The minimum atomic E-state index is -0.828. The van der Waals surface area contributed by atoms with E-state index in [4.69, 9.17) is 23.7 Å². The molecule has 0 aromatic heterocycles. The summed E-state index contributed by atoms with van der Waals surface area (Å²) in [7, 11) is 0. The first-order valence-electron chi connectivity index (χ1n) is 3.96. The second-order valence-corrected chi connectivity index (χ2v) is 3.06. The van der Waals surface area contributed by atoms with Crippen LogP contribution in [0.3, 0.4) is 0 Å². The minimum absolute atomic E-state index is 0.0703. The summed E-state index contributed by atoms with van der Waals surface area (Å²) in [5.41, 5.74) is 12.7. The number of aromatic hydroxyl groups is 1. The molecule has 6 nitrogen and oxygen atoms in total. The van der Waals surface area contributed by atoms with Crippen molar-refractivity contribution in [3.63, 3.8) is 0 Å². The van der Waals surface area contributed by atoms with Crippen molar-refractivity contribution in [3.8, 4) is 5.75 Å². The molecule has 7 heteroatoms. The van der Waals surface area contributed by atoms with Crippen LogP contribution in [0.5, 0.6) is 5.75 Å². The Hall–Kier alpha value is -2.02. The van der Waals surface area contributed by atoms with Gasteiger partial charge in [-0.2, -0.15) is 0 Å². The Balaban J connectivity index is 3.04. The number of nitrogens with zero attached hydrogens (tertiary/aromatic N) is 1. The van der Waals surface area contributed by atoms with Crippen LogP contribution in [-0.4, -0.2) is 16.3 Å². The highest BCUT2D eigenvalue weighted by atomic mass is 32.1. The van der Waals surface area contributed by atoms with Crippen LogP contribution < -0.4 is 21.9 Å². The first-order valence-corrected chi connectivity index (χ1v) is 4.37. The molecule has 1 aromatic rings. The van der Waals surface area contributed by atoms with Crippen LogP contribution >= 0.6 is 12.2 Å². The van der Waals surface area contributed by atoms with E-state index < -0.39 is 6.03 Å². The molecule has 15 heavy (non-hydrogen) atoms. The Bertz CT molecular complexity index is 396. The molecule has 0 bridgehead atoms. The number of nitrogens with two attached hydrogens (primary N) is 2. The van der Waals surface area contributed by atoms with Gasteiger partial charge >= 0.3 is 6.03 Å². The largest absolute Gasteiger partial charge is 0.506 e. The number of benzene rings is 1. The standard InChI is InChI=1S/C8H10N4O2S/c9-7(14)11-12(8(10)15)5-3-1-2-4-6(5)13/h1-4,13H,(H2,10,15)(H3,9,11,14). The molecule has 2 amide bonds. The maximum absolute atomic E-state index is 10.7. The number of hydrogen-bond acceptors (Lipinski definition) is 3. The Kier molecular flexibility index (Phi) is 3.29. The highest BCUT2D eigenvalue weighted by molar-refractivity contribution is 7.80. The lowest BCUT2D eigenvalue weighted by Crippen LogP contribution is -2.51. The molecule has 0 aliphatic rings. The lowest BCUT2D eigenvalue weighted by Gasteiger charge is -2.22. The third kappa shape index (κ3) is 2.71. The van der Waals surface area contributed by atoms with Gasteiger partial charge in [-0.3, -0.25) is 0 Å². The van der Waals surface area contributed by atoms with Crippen LogP contribution in [-0.2, 0) is 0 Å². The van der Waals surface area contributed by atoms with E-state index in [1.54, 1.807) is 12.1 Å². The molecular formula is C8H10N4O2S. The number of anilines is 1. The summed E-state index contributed by atoms with van der Waals surface area (Å²) in [5.74, 6) is -0.0703. The lowest BCUT2D eigenvalue weighted by atomic mass is 10.3. The van der Waals surface area contributed by atoms with Gasteiger partial charge < -0.3 is 16.6 Å². The number of rotatable bonds is 1. The molecule has 0 aliphatic heterocycles. The van der Waals surface area contributed by atoms with E-state index in [1.807, 2.05) is 0 Å². The predicted molar refractivity (Wildman–Crippen MR) is 60.1 cm³/mol. The van der Waals surface area contributed by atoms with Crippen molar-refractivity contribution in [2.24, 2.45) is 11.5 Å². The van der Waals surface area contributed by atoms with Gasteiger partial charge in [-0.15, -0.1) is 0 Å². The van der Waals surface area contributed by atoms with Crippen molar-refractivity contribution in [2.75, 3.05) is 5.01 Å². The fraction of sp³-hybridized carbons (Fsp3) is 0. The van der Waals surface area contributed by atoms with Gasteiger partial charge in [-0.05, 0) is 24.4 Å². The van der Waals surface area contributed by atoms with Crippen LogP contribution in [0.4, 0.5) is 10.5 Å². The summed E-state index contributed by atoms with van der Waals surface area (Å²) >= 11 is 4.70. The van der Waals surface area contributed by atoms with Crippen LogP contribution in [0, 0.1) is 0 Å². The van der Waals surface area contributed by atoms with Crippen LogP contribution in [0.15, 0.2) is 24.3 Å². The van der Waals surface area contributed by atoms with Crippen LogP contribution in [0.25, 0.3) is 0 Å². The van der Waals surface area contributed by atoms with Crippen molar-refractivity contribution >= 4 is 29.0 Å². The SMILES string of the molecule is NC(=O)NN(C(N)=S)c1ccccc1O. The normalized spacial score (nSPS) is 9.33. The fourth-order valence-electron chi connectivity index (χ4n) is 0.997. The number of amides is 2. The zero-order valence-electron chi connectivity index (χ0n) is 7.68. The minimum Gasteiger partial charge on any atom is -0.506 e. The maximum Gasteiger partial charge on any atom is 0.331 e. The maximum atomic E-state index is 10.7. The van der Waals surface area contributed by atoms with Crippen molar-refractivity contribution in [3.05, 3.63) is 24.3 Å². The van der Waals surface area contributed by atoms with Crippen molar-refractivity contribution < 1.29 is 9.90 Å². The molecule has 1 aromatic carbocycles. The van der Waals surface area contributed by atoms with E-state index in [0.29, 0.717) is 0 Å². The van der Waals surface area contributed by atoms with Gasteiger partial charge in [0, 0.05) is 0 Å². The van der Waals surface area contributed by atoms with E-state index in [9.17, 15) is 9.90 Å². The summed E-state index contributed by atoms with van der Waals surface area (Å²) in [4.78, 5) is 10.7. The Morgan fingerprint density at radius 1 is 1.40 bits per heavy atom. The zero-order chi connectivity index (χ0) is 11.4. The molecule has 0 saturated heterocycles. The second-order valence-electron chi connectivity index (χ2n) is 2.64. The summed E-state index contributed by atoms with van der Waals surface area (Å²) < 4.78 is 0. The average Bonchev–Trinajstić information content (AvgIpc) is 2.15. The molecule has 0 aliphatic carbocycles. The van der Waals surface area contributed by atoms with Crippen molar-refractivity contribution in [1.29, 1.82) is 0 Å². The molecule has 6 N–H and O–H groups in total. The summed E-state index contributed by atoms with van der Waals surface area (Å²) in [6.07, 6.45) is 0. The van der Waals surface area contributed by atoms with E-state index in [-0.39, 0.29) is 16.5 Å². The number of hydrogen-bond donors (Lipinski definition) is 4. The first-order chi connectivity index (χ1) is 7.02. The smallest absolute Gasteiger partial charge is 0.331 e. The number of phenolic OH excluding ortho intramolecular Hbond substituents is 1. The number of carbonyl (C=O) groups excluding carboxylic acids is 1. The molecule has 80 valence electrons. The number of primary amides is 1. The molecule has 0 radical (unpaired) electrons. The number of nitrogens with one attached hydrogen (secondary N) is 1. The molecule has 0 atom stereocenters. The molecule has 0 saturated carbocycles. The van der Waals surface area contributed by atoms with E-state index in [1.165, 1.54) is 12.1 Å². The van der Waals surface area contributed by atoms with E-state index >= 15 is 0 Å². The number of phenols is 1. The molecule has 0 heterocycles. The fourth-order valence-corrected chi connectivity index (χ4v) is 1.14. The molecule has 0 fully saturated rings. The van der Waals surface area contributed by atoms with Crippen molar-refractivity contribution in [1.82, 2.24) is 5.43 Å². The number of carbonyl (C=O) groups is 1. The summed E-state index contributed by atoms with van der Waals surface area (Å²) in [6.45, 7) is 0. The van der Waals surface area contributed by atoms with Crippen LogP contribution in [0.2, 0.25) is 0 Å². The highest BCUT2D eigenvalue weighted by Gasteiger charge is 2.14. The Labute approximate surface area is 91.4 Å². The molecule has 0 spiro atoms. The summed E-state index contributed by atoms with van der Waals surface area (Å²) in [6, 6.07) is 5.42. The average molecular weight is 226 g/mol. The van der Waals surface area contributed by atoms with Gasteiger partial charge in [0.05, 0.1) is 0 Å². The van der Waals surface area contributed by atoms with Gasteiger partial charge in [-0.25, -0.2) is 15.2 Å². The first kappa shape index (κ1) is 11.1. The van der Waals surface area contributed by atoms with Gasteiger partial charge in [0.15, 0.2) is 5.11 Å². The number of thiocarbonyl (C=S) groups is 1. The molecule has 0 unspecified atom stereocenters. The van der Waals surface area contributed by atoms with E-state index in [0.717, 1.165) is 5.01 Å². The summed E-state index contributed by atoms with van der Waals surface area (Å²) in [5, 5.41) is 10.4. The quantitative estimate of drug-likeness (QED) is 0.399. The van der Waals surface area contributed by atoms with Gasteiger partial charge in [0.1, 0.15) is 11.4 Å². The molecule has 1 rings (SSSR count). The second kappa shape index (κ2) is 4.47. The monoisotopic (exact) mass is 226 g/mol.